The summed E-state index contributed by atoms with van der Waals surface area (Å²) in [6.45, 7) is 10.8. The van der Waals surface area contributed by atoms with Crippen molar-refractivity contribution >= 4 is 52.4 Å². The van der Waals surface area contributed by atoms with E-state index in [0.29, 0.717) is 6.54 Å². The van der Waals surface area contributed by atoms with Crippen molar-refractivity contribution in [3.63, 3.8) is 0 Å². The SMILES string of the molecule is CN=C(NCCCNC(=O)OC(C)(C)C)N1CCN(c2cccs2)CC1.I. The zero-order chi connectivity index (χ0) is 19.0. The third-order valence-electron chi connectivity index (χ3n) is 3.91. The second kappa shape index (κ2) is 11.6. The topological polar surface area (TPSA) is 69.2 Å². The molecule has 27 heavy (non-hydrogen) atoms. The predicted molar refractivity (Wildman–Crippen MR) is 124 cm³/mol. The zero-order valence-corrected chi connectivity index (χ0v) is 19.8. The first-order valence-corrected chi connectivity index (χ1v) is 9.98. The van der Waals surface area contributed by atoms with Gasteiger partial charge in [0.15, 0.2) is 5.96 Å². The van der Waals surface area contributed by atoms with Crippen LogP contribution < -0.4 is 15.5 Å². The smallest absolute Gasteiger partial charge is 0.407 e. The molecular formula is C18H32IN5O2S. The molecule has 0 spiro atoms. The quantitative estimate of drug-likeness (QED) is 0.277. The fraction of sp³-hybridized carbons (Fsp3) is 0.667. The van der Waals surface area contributed by atoms with Gasteiger partial charge in [0, 0.05) is 46.3 Å². The number of piperazine rings is 1. The maximum atomic E-state index is 11.6. The predicted octanol–water partition coefficient (Wildman–Crippen LogP) is 2.98. The van der Waals surface area contributed by atoms with Crippen LogP contribution in [0.5, 0.6) is 0 Å². The number of carbonyl (C=O) groups is 1. The van der Waals surface area contributed by atoms with E-state index in [1.165, 1.54) is 5.00 Å². The lowest BCUT2D eigenvalue weighted by atomic mass is 10.2. The highest BCUT2D eigenvalue weighted by molar-refractivity contribution is 14.0. The van der Waals surface area contributed by atoms with Crippen LogP contribution in [0.2, 0.25) is 0 Å². The summed E-state index contributed by atoms with van der Waals surface area (Å²) in [5.41, 5.74) is -0.463. The molecule has 0 unspecified atom stereocenters. The molecule has 1 saturated heterocycles. The molecule has 0 bridgehead atoms. The highest BCUT2D eigenvalue weighted by Gasteiger charge is 2.20. The van der Waals surface area contributed by atoms with Crippen LogP contribution >= 0.6 is 35.3 Å². The Morgan fingerprint density at radius 2 is 1.89 bits per heavy atom. The number of alkyl carbamates (subject to hydrolysis) is 1. The minimum atomic E-state index is -0.463. The van der Waals surface area contributed by atoms with E-state index in [-0.39, 0.29) is 30.1 Å². The fourth-order valence-electron chi connectivity index (χ4n) is 2.71. The summed E-state index contributed by atoms with van der Waals surface area (Å²) in [5, 5.41) is 9.60. The lowest BCUT2D eigenvalue weighted by molar-refractivity contribution is 0.0527. The van der Waals surface area contributed by atoms with Crippen LogP contribution in [-0.2, 0) is 4.74 Å². The summed E-state index contributed by atoms with van der Waals surface area (Å²) in [7, 11) is 1.81. The van der Waals surface area contributed by atoms with E-state index in [1.807, 2.05) is 27.8 Å². The Kier molecular flexibility index (Phi) is 10.2. The van der Waals surface area contributed by atoms with Gasteiger partial charge in [-0.1, -0.05) is 0 Å². The van der Waals surface area contributed by atoms with E-state index in [9.17, 15) is 4.79 Å². The third-order valence-corrected chi connectivity index (χ3v) is 4.84. The molecule has 0 saturated carbocycles. The fourth-order valence-corrected chi connectivity index (χ4v) is 3.50. The van der Waals surface area contributed by atoms with Gasteiger partial charge in [-0.15, -0.1) is 35.3 Å². The van der Waals surface area contributed by atoms with Gasteiger partial charge in [0.05, 0.1) is 5.00 Å². The number of nitrogens with one attached hydrogen (secondary N) is 2. The van der Waals surface area contributed by atoms with Crippen molar-refractivity contribution in [1.29, 1.82) is 0 Å². The maximum Gasteiger partial charge on any atom is 0.407 e. The second-order valence-electron chi connectivity index (χ2n) is 7.18. The molecule has 0 radical (unpaired) electrons. The van der Waals surface area contributed by atoms with Crippen molar-refractivity contribution in [2.45, 2.75) is 32.8 Å². The van der Waals surface area contributed by atoms with E-state index in [1.54, 1.807) is 11.3 Å². The summed E-state index contributed by atoms with van der Waals surface area (Å²) in [4.78, 5) is 20.7. The number of ether oxygens (including phenoxy) is 1. The molecule has 1 aliphatic heterocycles. The first-order chi connectivity index (χ1) is 12.4. The first kappa shape index (κ1) is 23.8. The van der Waals surface area contributed by atoms with Crippen molar-refractivity contribution in [2.75, 3.05) is 51.2 Å². The van der Waals surface area contributed by atoms with Crippen LogP contribution in [0.3, 0.4) is 0 Å². The highest BCUT2D eigenvalue weighted by Crippen LogP contribution is 2.22. The van der Waals surface area contributed by atoms with Gasteiger partial charge < -0.3 is 25.2 Å². The monoisotopic (exact) mass is 509 g/mol. The van der Waals surface area contributed by atoms with Crippen LogP contribution in [0.1, 0.15) is 27.2 Å². The van der Waals surface area contributed by atoms with Crippen LogP contribution in [0.25, 0.3) is 0 Å². The van der Waals surface area contributed by atoms with E-state index in [4.69, 9.17) is 4.74 Å². The van der Waals surface area contributed by atoms with E-state index >= 15 is 0 Å². The standard InChI is InChI=1S/C18H31N5O2S.HI/c1-18(2,3)25-17(24)21-9-6-8-20-16(19-4)23-12-10-22(11-13-23)15-7-5-14-26-15;/h5,7,14H,6,8-13H2,1-4H3,(H,19,20)(H,21,24);1H. The number of thiophene rings is 1. The van der Waals surface area contributed by atoms with Gasteiger partial charge in [-0.05, 0) is 44.7 Å². The molecule has 2 heterocycles. The molecular weight excluding hydrogens is 477 g/mol. The molecule has 154 valence electrons. The van der Waals surface area contributed by atoms with E-state index in [0.717, 1.165) is 45.1 Å². The molecule has 0 aromatic carbocycles. The van der Waals surface area contributed by atoms with Crippen molar-refractivity contribution in [3.8, 4) is 0 Å². The third kappa shape index (κ3) is 8.54. The molecule has 1 aliphatic rings. The molecule has 1 aromatic rings. The Hall–Kier alpha value is -1.23. The van der Waals surface area contributed by atoms with Gasteiger partial charge in [-0.3, -0.25) is 4.99 Å². The normalized spacial score (nSPS) is 15.2. The maximum absolute atomic E-state index is 11.6. The van der Waals surface area contributed by atoms with Crippen molar-refractivity contribution < 1.29 is 9.53 Å². The molecule has 1 amide bonds. The number of halogens is 1. The van der Waals surface area contributed by atoms with Crippen LogP contribution in [0.4, 0.5) is 9.80 Å². The average molecular weight is 509 g/mol. The van der Waals surface area contributed by atoms with Gasteiger partial charge >= 0.3 is 6.09 Å². The van der Waals surface area contributed by atoms with Gasteiger partial charge in [-0.25, -0.2) is 4.79 Å². The Bertz CT molecular complexity index is 581. The van der Waals surface area contributed by atoms with Crippen LogP contribution in [0, 0.1) is 0 Å². The van der Waals surface area contributed by atoms with Crippen LogP contribution in [0.15, 0.2) is 22.5 Å². The zero-order valence-electron chi connectivity index (χ0n) is 16.7. The Morgan fingerprint density at radius 3 is 2.44 bits per heavy atom. The van der Waals surface area contributed by atoms with Crippen molar-refractivity contribution in [1.82, 2.24) is 15.5 Å². The van der Waals surface area contributed by atoms with Crippen molar-refractivity contribution in [3.05, 3.63) is 17.5 Å². The summed E-state index contributed by atoms with van der Waals surface area (Å²) in [6.07, 6.45) is 0.444. The second-order valence-corrected chi connectivity index (χ2v) is 8.11. The highest BCUT2D eigenvalue weighted by atomic mass is 127. The Balaban J connectivity index is 0.00000364. The summed E-state index contributed by atoms with van der Waals surface area (Å²) in [6, 6.07) is 4.27. The van der Waals surface area contributed by atoms with Gasteiger partial charge in [0.25, 0.3) is 0 Å². The van der Waals surface area contributed by atoms with Gasteiger partial charge in [-0.2, -0.15) is 0 Å². The number of hydrogen-bond donors (Lipinski definition) is 2. The largest absolute Gasteiger partial charge is 0.444 e. The summed E-state index contributed by atoms with van der Waals surface area (Å²) in [5.74, 6) is 0.924. The number of hydrogen-bond acceptors (Lipinski definition) is 5. The van der Waals surface area contributed by atoms with E-state index < -0.39 is 5.60 Å². The number of anilines is 1. The van der Waals surface area contributed by atoms with E-state index in [2.05, 4.69) is 42.9 Å². The number of nitrogens with zero attached hydrogens (tertiary/aromatic N) is 3. The minimum Gasteiger partial charge on any atom is -0.444 e. The van der Waals surface area contributed by atoms with Gasteiger partial charge in [0.1, 0.15) is 5.60 Å². The molecule has 2 N–H and O–H groups in total. The number of rotatable bonds is 5. The molecule has 1 aromatic heterocycles. The lowest BCUT2D eigenvalue weighted by Crippen LogP contribution is -2.52. The number of amides is 1. The summed E-state index contributed by atoms with van der Waals surface area (Å²) >= 11 is 1.79. The van der Waals surface area contributed by atoms with Crippen LogP contribution in [-0.4, -0.2) is 68.9 Å². The molecule has 0 atom stereocenters. The Labute approximate surface area is 183 Å². The number of aliphatic imine (C=N–C) groups is 1. The molecule has 0 aliphatic carbocycles. The average Bonchev–Trinajstić information content (AvgIpc) is 3.11. The summed E-state index contributed by atoms with van der Waals surface area (Å²) < 4.78 is 5.22. The molecule has 1 fully saturated rings. The first-order valence-electron chi connectivity index (χ1n) is 9.10. The molecule has 7 nitrogen and oxygen atoms in total. The van der Waals surface area contributed by atoms with Gasteiger partial charge in [0.2, 0.25) is 0 Å². The molecule has 2 rings (SSSR count). The number of carbonyl (C=O) groups excluding carboxylic acids is 1. The Morgan fingerprint density at radius 1 is 1.22 bits per heavy atom. The van der Waals surface area contributed by atoms with Crippen molar-refractivity contribution in [2.24, 2.45) is 4.99 Å². The minimum absolute atomic E-state index is 0. The number of guanidine groups is 1. The lowest BCUT2D eigenvalue weighted by Gasteiger charge is -2.37. The molecule has 9 heteroatoms.